The number of likely N-dealkylation sites (tertiary alicyclic amines) is 1. The zero-order valence-electron chi connectivity index (χ0n) is 19.7. The van der Waals surface area contributed by atoms with Gasteiger partial charge in [-0.3, -0.25) is 4.79 Å². The molecule has 1 aliphatic carbocycles. The van der Waals surface area contributed by atoms with Gasteiger partial charge in [0.05, 0.1) is 16.1 Å². The van der Waals surface area contributed by atoms with E-state index in [0.717, 1.165) is 51.7 Å². The number of β-amino-alcohol motifs (C(OH)–C–C–N with tert-alkyl or cyclic N) is 1. The summed E-state index contributed by atoms with van der Waals surface area (Å²) in [4.78, 5) is 32.6. The number of fused-ring (bicyclic) bond motifs is 1. The summed E-state index contributed by atoms with van der Waals surface area (Å²) < 4.78 is 0. The summed E-state index contributed by atoms with van der Waals surface area (Å²) in [5, 5.41) is 14.2. The van der Waals surface area contributed by atoms with Gasteiger partial charge in [0.15, 0.2) is 0 Å². The van der Waals surface area contributed by atoms with Gasteiger partial charge in [0, 0.05) is 37.4 Å². The number of carbonyl (C=O) groups is 2. The van der Waals surface area contributed by atoms with Gasteiger partial charge in [-0.15, -0.1) is 0 Å². The summed E-state index contributed by atoms with van der Waals surface area (Å²) in [5.74, 6) is 0.0286. The molecule has 3 heterocycles. The van der Waals surface area contributed by atoms with Crippen LogP contribution in [-0.4, -0.2) is 82.2 Å². The highest BCUT2D eigenvalue weighted by atomic mass is 35.5. The van der Waals surface area contributed by atoms with Crippen LogP contribution in [-0.2, 0) is 4.79 Å². The van der Waals surface area contributed by atoms with E-state index in [1.54, 1.807) is 23.1 Å². The lowest BCUT2D eigenvalue weighted by atomic mass is 9.88. The number of aliphatic hydroxyl groups is 1. The number of benzene rings is 1. The molecule has 34 heavy (non-hydrogen) atoms. The Morgan fingerprint density at radius 3 is 2.68 bits per heavy atom. The normalized spacial score (nSPS) is 30.9. The third kappa shape index (κ3) is 4.64. The van der Waals surface area contributed by atoms with Crippen molar-refractivity contribution in [1.82, 2.24) is 14.7 Å². The average Bonchev–Trinajstić information content (AvgIpc) is 3.60. The lowest BCUT2D eigenvalue weighted by Crippen LogP contribution is -2.66. The van der Waals surface area contributed by atoms with Crippen LogP contribution >= 0.6 is 23.2 Å². The maximum Gasteiger partial charge on any atom is 0.322 e. The van der Waals surface area contributed by atoms with E-state index >= 15 is 0 Å². The summed E-state index contributed by atoms with van der Waals surface area (Å²) >= 11 is 12.1. The second-order valence-corrected chi connectivity index (χ2v) is 11.4. The summed E-state index contributed by atoms with van der Waals surface area (Å²) in [6, 6.07) is 4.39. The molecule has 5 rings (SSSR count). The molecule has 1 saturated carbocycles. The minimum Gasteiger partial charge on any atom is -0.391 e. The molecule has 186 valence electrons. The largest absolute Gasteiger partial charge is 0.391 e. The zero-order chi connectivity index (χ0) is 24.0. The highest BCUT2D eigenvalue weighted by molar-refractivity contribution is 6.42. The van der Waals surface area contributed by atoms with Crippen LogP contribution in [0.4, 0.5) is 10.5 Å². The molecule has 0 unspecified atom stereocenters. The van der Waals surface area contributed by atoms with Crippen molar-refractivity contribution in [2.24, 2.45) is 5.41 Å². The third-order valence-electron chi connectivity index (χ3n) is 8.51. The number of piperazine rings is 1. The van der Waals surface area contributed by atoms with E-state index in [1.807, 2.05) is 6.92 Å². The predicted molar refractivity (Wildman–Crippen MR) is 133 cm³/mol. The molecule has 4 fully saturated rings. The van der Waals surface area contributed by atoms with Gasteiger partial charge >= 0.3 is 6.03 Å². The molecule has 0 bridgehead atoms. The first-order chi connectivity index (χ1) is 16.3. The van der Waals surface area contributed by atoms with Crippen LogP contribution in [0.1, 0.15) is 51.9 Å². The average molecular weight is 509 g/mol. The summed E-state index contributed by atoms with van der Waals surface area (Å²) in [7, 11) is 0. The maximum atomic E-state index is 13.4. The molecule has 1 spiro atoms. The number of rotatable bonds is 4. The van der Waals surface area contributed by atoms with Crippen molar-refractivity contribution >= 4 is 40.8 Å². The fourth-order valence-electron chi connectivity index (χ4n) is 6.11. The van der Waals surface area contributed by atoms with E-state index < -0.39 is 6.04 Å². The van der Waals surface area contributed by atoms with Crippen LogP contribution in [0.25, 0.3) is 0 Å². The standard InChI is InChI=1S/C25H34Cl2N4O3/c1-16-23(33)31-18(7-11-29-12-10-25(8-9-25)22(32)15-29)3-2-4-19(31)14-30(16)24(34)28-17-5-6-20(26)21(27)13-17/h5-6,13,16,18-19,22,32H,2-4,7-12,14-15H2,1H3,(H,28,34)/t16-,18-,19+,22+/m0/s1. The van der Waals surface area contributed by atoms with Crippen molar-refractivity contribution in [1.29, 1.82) is 0 Å². The molecule has 2 N–H and O–H groups in total. The minimum atomic E-state index is -0.522. The number of nitrogens with one attached hydrogen (secondary N) is 1. The number of hydrogen-bond donors (Lipinski definition) is 2. The fraction of sp³-hybridized carbons (Fsp3) is 0.680. The second-order valence-electron chi connectivity index (χ2n) is 10.6. The first-order valence-corrected chi connectivity index (χ1v) is 13.3. The molecule has 3 aliphatic heterocycles. The highest BCUT2D eigenvalue weighted by Gasteiger charge is 2.51. The van der Waals surface area contributed by atoms with E-state index in [2.05, 4.69) is 15.1 Å². The van der Waals surface area contributed by atoms with E-state index in [1.165, 1.54) is 12.8 Å². The monoisotopic (exact) mass is 508 g/mol. The van der Waals surface area contributed by atoms with Gasteiger partial charge in [0.2, 0.25) is 5.91 Å². The van der Waals surface area contributed by atoms with E-state index in [4.69, 9.17) is 23.2 Å². The van der Waals surface area contributed by atoms with Gasteiger partial charge in [0.25, 0.3) is 0 Å². The molecule has 1 aromatic carbocycles. The van der Waals surface area contributed by atoms with Gasteiger partial charge in [-0.25, -0.2) is 4.79 Å². The number of hydrogen-bond acceptors (Lipinski definition) is 4. The Hall–Kier alpha value is -1.54. The number of nitrogens with zero attached hydrogens (tertiary/aromatic N) is 3. The molecular formula is C25H34Cl2N4O3. The molecule has 4 atom stereocenters. The molecule has 0 aromatic heterocycles. The van der Waals surface area contributed by atoms with Crippen LogP contribution in [0, 0.1) is 5.41 Å². The quantitative estimate of drug-likeness (QED) is 0.638. The van der Waals surface area contributed by atoms with Gasteiger partial charge in [0.1, 0.15) is 6.04 Å². The van der Waals surface area contributed by atoms with Gasteiger partial charge in [-0.2, -0.15) is 0 Å². The molecule has 7 nitrogen and oxygen atoms in total. The lowest BCUT2D eigenvalue weighted by Gasteiger charge is -2.50. The number of piperidine rings is 2. The maximum absolute atomic E-state index is 13.4. The summed E-state index contributed by atoms with van der Waals surface area (Å²) in [6.07, 6.45) is 7.11. The highest BCUT2D eigenvalue weighted by Crippen LogP contribution is 2.53. The Balaban J connectivity index is 1.20. The topological polar surface area (TPSA) is 76.1 Å². The number of anilines is 1. The Morgan fingerprint density at radius 2 is 1.97 bits per heavy atom. The van der Waals surface area contributed by atoms with Crippen LogP contribution < -0.4 is 5.32 Å². The second kappa shape index (κ2) is 9.49. The van der Waals surface area contributed by atoms with Crippen molar-refractivity contribution in [3.63, 3.8) is 0 Å². The van der Waals surface area contributed by atoms with Crippen molar-refractivity contribution in [2.45, 2.75) is 76.1 Å². The Bertz CT molecular complexity index is 956. The number of carbonyl (C=O) groups excluding carboxylic acids is 2. The molecule has 4 aliphatic rings. The molecule has 3 amide bonds. The molecule has 3 saturated heterocycles. The Morgan fingerprint density at radius 1 is 1.18 bits per heavy atom. The van der Waals surface area contributed by atoms with Gasteiger partial charge < -0.3 is 25.1 Å². The SMILES string of the molecule is C[C@H]1C(=O)N2[C@H](CCN3CCC4(CC4)[C@H](O)C3)CCC[C@@H]2CN1C(=O)Nc1ccc(Cl)c(Cl)c1. The number of halogens is 2. The molecule has 0 radical (unpaired) electrons. The molecule has 1 aromatic rings. The molecular weight excluding hydrogens is 475 g/mol. The van der Waals surface area contributed by atoms with Gasteiger partial charge in [-0.1, -0.05) is 23.2 Å². The number of aliphatic hydroxyl groups excluding tert-OH is 1. The zero-order valence-corrected chi connectivity index (χ0v) is 21.2. The number of urea groups is 1. The molecule has 9 heteroatoms. The minimum absolute atomic E-state index is 0.0286. The van der Waals surface area contributed by atoms with Gasteiger partial charge in [-0.05, 0) is 82.0 Å². The summed E-state index contributed by atoms with van der Waals surface area (Å²) in [5.41, 5.74) is 0.770. The van der Waals surface area contributed by atoms with Crippen LogP contribution in [0.2, 0.25) is 10.0 Å². The smallest absolute Gasteiger partial charge is 0.322 e. The van der Waals surface area contributed by atoms with Crippen LogP contribution in [0.3, 0.4) is 0 Å². The predicted octanol–water partition coefficient (Wildman–Crippen LogP) is 4.22. The first kappa shape index (κ1) is 24.2. The fourth-order valence-corrected chi connectivity index (χ4v) is 6.40. The van der Waals surface area contributed by atoms with E-state index in [9.17, 15) is 14.7 Å². The Labute approximate surface area is 211 Å². The van der Waals surface area contributed by atoms with Crippen molar-refractivity contribution in [3.8, 4) is 0 Å². The van der Waals surface area contributed by atoms with Crippen molar-refractivity contribution in [2.75, 3.05) is 31.5 Å². The van der Waals surface area contributed by atoms with E-state index in [-0.39, 0.29) is 35.5 Å². The van der Waals surface area contributed by atoms with Crippen molar-refractivity contribution in [3.05, 3.63) is 28.2 Å². The van der Waals surface area contributed by atoms with Crippen LogP contribution in [0.5, 0.6) is 0 Å². The van der Waals surface area contributed by atoms with E-state index in [0.29, 0.717) is 22.3 Å². The van der Waals surface area contributed by atoms with Crippen LogP contribution in [0.15, 0.2) is 18.2 Å². The van der Waals surface area contributed by atoms with Crippen molar-refractivity contribution < 1.29 is 14.7 Å². The lowest BCUT2D eigenvalue weighted by molar-refractivity contribution is -0.149. The first-order valence-electron chi connectivity index (χ1n) is 12.5. The third-order valence-corrected chi connectivity index (χ3v) is 9.25. The summed E-state index contributed by atoms with van der Waals surface area (Å²) in [6.45, 7) is 5.05. The Kier molecular flexibility index (Phi) is 6.75. The number of amides is 3.